The van der Waals surface area contributed by atoms with Gasteiger partial charge in [0.1, 0.15) is 5.60 Å². The molecule has 0 unspecified atom stereocenters. The Labute approximate surface area is 294 Å². The molecular weight excluding hydrogens is 674 g/mol. The summed E-state index contributed by atoms with van der Waals surface area (Å²) in [5.74, 6) is -2.78. The monoisotopic (exact) mass is 714 g/mol. The largest absolute Gasteiger partial charge is 0.444 e. The van der Waals surface area contributed by atoms with Gasteiger partial charge in [0, 0.05) is 72.5 Å². The molecular formula is C34H41ClF2N8O5. The van der Waals surface area contributed by atoms with Gasteiger partial charge < -0.3 is 34.2 Å². The van der Waals surface area contributed by atoms with Crippen LogP contribution in [0.15, 0.2) is 30.5 Å². The van der Waals surface area contributed by atoms with Gasteiger partial charge in [0.2, 0.25) is 11.9 Å². The minimum Gasteiger partial charge on any atom is -0.444 e. The van der Waals surface area contributed by atoms with E-state index >= 15 is 0 Å². The molecule has 2 aromatic heterocycles. The zero-order valence-electron chi connectivity index (χ0n) is 28.9. The van der Waals surface area contributed by atoms with Gasteiger partial charge >= 0.3 is 6.09 Å². The zero-order valence-corrected chi connectivity index (χ0v) is 29.7. The molecule has 2 aliphatic rings. The van der Waals surface area contributed by atoms with Crippen molar-refractivity contribution in [1.82, 2.24) is 29.2 Å². The minimum absolute atomic E-state index is 0.0118. The maximum absolute atomic E-state index is 14.8. The second kappa shape index (κ2) is 14.6. The Kier molecular flexibility index (Phi) is 10.6. The fraction of sp³-hybridized carbons (Fsp3) is 0.471. The van der Waals surface area contributed by atoms with Gasteiger partial charge in [-0.15, -0.1) is 0 Å². The summed E-state index contributed by atoms with van der Waals surface area (Å²) in [6, 6.07) is 5.48. The van der Waals surface area contributed by atoms with Crippen LogP contribution in [0.4, 0.5) is 25.1 Å². The molecule has 0 bridgehead atoms. The van der Waals surface area contributed by atoms with E-state index in [1.165, 1.54) is 40.9 Å². The van der Waals surface area contributed by atoms with Crippen molar-refractivity contribution < 1.29 is 32.7 Å². The maximum Gasteiger partial charge on any atom is 0.410 e. The number of anilines is 2. The summed E-state index contributed by atoms with van der Waals surface area (Å²) in [7, 11) is 4.57. The molecule has 50 heavy (non-hydrogen) atoms. The topological polar surface area (TPSA) is 133 Å². The molecule has 268 valence electrons. The highest BCUT2D eigenvalue weighted by atomic mass is 35.5. The molecule has 0 saturated carbocycles. The molecule has 2 fully saturated rings. The number of halogens is 3. The third-order valence-electron chi connectivity index (χ3n) is 8.58. The van der Waals surface area contributed by atoms with E-state index in [0.717, 1.165) is 12.5 Å². The predicted molar refractivity (Wildman–Crippen MR) is 183 cm³/mol. The number of benzene rings is 1. The Morgan fingerprint density at radius 3 is 2.34 bits per heavy atom. The quantitative estimate of drug-likeness (QED) is 0.350. The van der Waals surface area contributed by atoms with Gasteiger partial charge in [-0.25, -0.2) is 14.2 Å². The van der Waals surface area contributed by atoms with Crippen LogP contribution in [-0.4, -0.2) is 112 Å². The molecule has 4 heterocycles. The van der Waals surface area contributed by atoms with Gasteiger partial charge in [0.05, 0.1) is 28.0 Å². The summed E-state index contributed by atoms with van der Waals surface area (Å²) < 4.78 is 36.1. The number of ether oxygens (including phenoxy) is 1. The summed E-state index contributed by atoms with van der Waals surface area (Å²) in [5.41, 5.74) is -0.0552. The molecule has 1 atom stereocenters. The van der Waals surface area contributed by atoms with Crippen LogP contribution in [0.5, 0.6) is 0 Å². The number of amides is 4. The van der Waals surface area contributed by atoms with Crippen LogP contribution in [0.2, 0.25) is 5.02 Å². The smallest absolute Gasteiger partial charge is 0.410 e. The lowest BCUT2D eigenvalue weighted by molar-refractivity contribution is -0.133. The number of nitrogens with zero attached hydrogens (tertiary/aromatic N) is 7. The number of carbonyl (C=O) groups excluding carboxylic acids is 4. The minimum atomic E-state index is -0.914. The highest BCUT2D eigenvalue weighted by Gasteiger charge is 2.33. The van der Waals surface area contributed by atoms with E-state index in [4.69, 9.17) is 16.3 Å². The van der Waals surface area contributed by atoms with E-state index in [1.807, 2.05) is 20.8 Å². The second-order valence-corrected chi connectivity index (χ2v) is 14.1. The normalized spacial score (nSPS) is 16.4. The maximum atomic E-state index is 14.8. The number of pyridine rings is 1. The molecule has 0 spiro atoms. The van der Waals surface area contributed by atoms with Crippen molar-refractivity contribution >= 4 is 46.9 Å². The van der Waals surface area contributed by atoms with E-state index in [-0.39, 0.29) is 57.3 Å². The molecule has 0 radical (unpaired) electrons. The molecule has 0 aliphatic carbocycles. The number of nitrogens with one attached hydrogen (secondary N) is 1. The van der Waals surface area contributed by atoms with Crippen molar-refractivity contribution in [3.63, 3.8) is 0 Å². The van der Waals surface area contributed by atoms with Crippen LogP contribution in [0.25, 0.3) is 11.3 Å². The highest BCUT2D eigenvalue weighted by Crippen LogP contribution is 2.28. The van der Waals surface area contributed by atoms with Crippen molar-refractivity contribution in [2.45, 2.75) is 39.2 Å². The first-order chi connectivity index (χ1) is 23.5. The molecule has 4 amide bonds. The molecule has 3 aromatic rings. The molecule has 2 saturated heterocycles. The van der Waals surface area contributed by atoms with Crippen molar-refractivity contribution in [1.29, 1.82) is 0 Å². The SMILES string of the molecule is CN(C)c1nc(F)c(-c2cnc(C(=O)Nc3ccc(C(=O)N4CCN(C(=O)C[C@@H]5CCN(C(=O)OC(C)(C)C)C5)CC4)c(Cl)c3)n2C)cc1F. The number of imidazole rings is 1. The standard InChI is InChI=1S/C34H41ClF2N8O5/c1-34(2,3)50-33(49)45-10-9-20(19-45)15-27(46)43-11-13-44(14-12-43)32(48)22-8-7-21(16-24(22)35)39-31(47)30-38-18-26(42(30)6)23-17-25(36)29(41(4)5)40-28(23)37/h7-8,16-18,20H,9-15,19H2,1-6H3,(H,39,47)/t20-/m0/s1. The van der Waals surface area contributed by atoms with Gasteiger partial charge in [-0.05, 0) is 57.4 Å². The Morgan fingerprint density at radius 1 is 1.02 bits per heavy atom. The predicted octanol–water partition coefficient (Wildman–Crippen LogP) is 4.66. The van der Waals surface area contributed by atoms with Crippen LogP contribution < -0.4 is 10.2 Å². The van der Waals surface area contributed by atoms with E-state index in [1.54, 1.807) is 28.8 Å². The number of carbonyl (C=O) groups is 4. The summed E-state index contributed by atoms with van der Waals surface area (Å²) in [5, 5.41) is 2.79. The van der Waals surface area contributed by atoms with Crippen molar-refractivity contribution in [3.8, 4) is 11.3 Å². The third kappa shape index (κ3) is 8.15. The van der Waals surface area contributed by atoms with E-state index in [9.17, 15) is 28.0 Å². The van der Waals surface area contributed by atoms with Crippen LogP contribution in [0.1, 0.15) is 54.6 Å². The number of likely N-dealkylation sites (tertiary alicyclic amines) is 1. The fourth-order valence-corrected chi connectivity index (χ4v) is 6.23. The molecule has 16 heteroatoms. The van der Waals surface area contributed by atoms with Crippen LogP contribution >= 0.6 is 11.6 Å². The van der Waals surface area contributed by atoms with Gasteiger partial charge in [0.15, 0.2) is 17.5 Å². The summed E-state index contributed by atoms with van der Waals surface area (Å²) in [4.78, 5) is 66.0. The highest BCUT2D eigenvalue weighted by molar-refractivity contribution is 6.34. The van der Waals surface area contributed by atoms with Crippen molar-refractivity contribution in [3.05, 3.63) is 58.6 Å². The second-order valence-electron chi connectivity index (χ2n) is 13.7. The first-order valence-electron chi connectivity index (χ1n) is 16.2. The Balaban J connectivity index is 1.14. The summed E-state index contributed by atoms with van der Waals surface area (Å²) in [6.45, 7) is 7.87. The molecule has 5 rings (SSSR count). The van der Waals surface area contributed by atoms with Gasteiger partial charge in [-0.3, -0.25) is 14.4 Å². The van der Waals surface area contributed by atoms with Crippen LogP contribution in [0, 0.1) is 17.7 Å². The molecule has 2 aliphatic heterocycles. The molecule has 1 N–H and O–H groups in total. The number of piperazine rings is 1. The van der Waals surface area contributed by atoms with Gasteiger partial charge in [0.25, 0.3) is 11.8 Å². The third-order valence-corrected chi connectivity index (χ3v) is 8.89. The van der Waals surface area contributed by atoms with E-state index in [0.29, 0.717) is 51.4 Å². The lowest BCUT2D eigenvalue weighted by Crippen LogP contribution is -2.51. The van der Waals surface area contributed by atoms with Gasteiger partial charge in [-0.1, -0.05) is 11.6 Å². The first kappa shape index (κ1) is 36.5. The summed E-state index contributed by atoms with van der Waals surface area (Å²) >= 11 is 6.49. The van der Waals surface area contributed by atoms with E-state index < -0.39 is 23.3 Å². The Morgan fingerprint density at radius 2 is 1.70 bits per heavy atom. The van der Waals surface area contributed by atoms with Crippen molar-refractivity contribution in [2.75, 3.05) is 63.6 Å². The van der Waals surface area contributed by atoms with E-state index in [2.05, 4.69) is 15.3 Å². The van der Waals surface area contributed by atoms with Gasteiger partial charge in [-0.2, -0.15) is 9.37 Å². The number of aromatic nitrogens is 3. The Hall–Kier alpha value is -4.79. The zero-order chi connectivity index (χ0) is 36.5. The lowest BCUT2D eigenvalue weighted by atomic mass is 10.0. The van der Waals surface area contributed by atoms with Crippen LogP contribution in [0.3, 0.4) is 0 Å². The molecule has 13 nitrogen and oxygen atoms in total. The average molecular weight is 715 g/mol. The number of hydrogen-bond donors (Lipinski definition) is 1. The number of rotatable bonds is 7. The summed E-state index contributed by atoms with van der Waals surface area (Å²) in [6.07, 6.45) is 1.93. The first-order valence-corrected chi connectivity index (χ1v) is 16.6. The Bertz CT molecular complexity index is 1800. The average Bonchev–Trinajstić information content (AvgIpc) is 3.67. The molecule has 1 aromatic carbocycles. The van der Waals surface area contributed by atoms with Crippen LogP contribution in [-0.2, 0) is 16.6 Å². The lowest BCUT2D eigenvalue weighted by Gasteiger charge is -2.35. The number of hydrogen-bond acceptors (Lipinski definition) is 8. The van der Waals surface area contributed by atoms with Crippen molar-refractivity contribution in [2.24, 2.45) is 13.0 Å². The fourth-order valence-electron chi connectivity index (χ4n) is 5.97.